The Morgan fingerprint density at radius 2 is 1.87 bits per heavy atom. The summed E-state index contributed by atoms with van der Waals surface area (Å²) in [5.74, 6) is 0. The van der Waals surface area contributed by atoms with Crippen molar-refractivity contribution in [3.8, 4) is 0 Å². The lowest BCUT2D eigenvalue weighted by Gasteiger charge is -2.23. The molecule has 2 aliphatic rings. The molecule has 3 rings (SSSR count). The normalized spacial score (nSPS) is 31.1. The van der Waals surface area contributed by atoms with Crippen LogP contribution in [-0.4, -0.2) is 16.8 Å². The Hall–Kier alpha value is -1.55. The van der Waals surface area contributed by atoms with E-state index in [1.54, 1.807) is 0 Å². The first kappa shape index (κ1) is 8.73. The van der Waals surface area contributed by atoms with E-state index in [-0.39, 0.29) is 0 Å². The van der Waals surface area contributed by atoms with E-state index in [4.69, 9.17) is 9.57 Å². The van der Waals surface area contributed by atoms with Crippen molar-refractivity contribution < 1.29 is 14.4 Å². The molecule has 0 spiro atoms. The Labute approximate surface area is 87.3 Å². The third-order valence-electron chi connectivity index (χ3n) is 2.97. The predicted octanol–water partition coefficient (Wildman–Crippen LogP) is 2.02. The molecular weight excluding hydrogens is 194 g/mol. The van der Waals surface area contributed by atoms with Gasteiger partial charge in [-0.2, -0.15) is 0 Å². The molecule has 1 amide bonds. The highest BCUT2D eigenvalue weighted by molar-refractivity contribution is 5.74. The molecule has 4 nitrogen and oxygen atoms in total. The molecule has 0 N–H and O–H groups in total. The van der Waals surface area contributed by atoms with E-state index in [2.05, 4.69) is 0 Å². The van der Waals surface area contributed by atoms with Crippen LogP contribution < -0.4 is 0 Å². The summed E-state index contributed by atoms with van der Waals surface area (Å²) in [6.07, 6.45) is -0.413. The number of fused-ring (bicyclic) bond motifs is 1. The van der Waals surface area contributed by atoms with Gasteiger partial charge in [-0.25, -0.2) is 9.63 Å². The largest absolute Gasteiger partial charge is 0.438 e. The van der Waals surface area contributed by atoms with Crippen LogP contribution in [0.25, 0.3) is 0 Å². The highest BCUT2D eigenvalue weighted by atomic mass is 16.9. The van der Waals surface area contributed by atoms with Gasteiger partial charge in [0.1, 0.15) is 0 Å². The van der Waals surface area contributed by atoms with Gasteiger partial charge in [-0.1, -0.05) is 30.3 Å². The maximum atomic E-state index is 11.4. The minimum atomic E-state index is -0.717. The van der Waals surface area contributed by atoms with Crippen molar-refractivity contribution in [2.75, 3.05) is 0 Å². The number of cyclic esters (lactones) is 1. The summed E-state index contributed by atoms with van der Waals surface area (Å²) < 4.78 is 5.23. The molecule has 0 bridgehead atoms. The number of hydroxylamine groups is 2. The van der Waals surface area contributed by atoms with Crippen LogP contribution in [0.2, 0.25) is 0 Å². The van der Waals surface area contributed by atoms with Gasteiger partial charge in [-0.3, -0.25) is 0 Å². The smallest absolute Gasteiger partial charge is 0.436 e. The molecule has 1 aromatic carbocycles. The van der Waals surface area contributed by atoms with Gasteiger partial charge in [0.05, 0.1) is 0 Å². The average molecular weight is 205 g/mol. The van der Waals surface area contributed by atoms with Gasteiger partial charge in [0.15, 0.2) is 5.60 Å². The zero-order valence-corrected chi connectivity index (χ0v) is 8.56. The zero-order chi connectivity index (χ0) is 10.7. The summed E-state index contributed by atoms with van der Waals surface area (Å²) in [5, 5.41) is 1.29. The van der Waals surface area contributed by atoms with Crippen molar-refractivity contribution in [2.45, 2.75) is 25.2 Å². The Kier molecular flexibility index (Phi) is 1.36. The summed E-state index contributed by atoms with van der Waals surface area (Å²) >= 11 is 0. The Morgan fingerprint density at radius 3 is 2.33 bits per heavy atom. The number of carbonyl (C=O) groups excluding carboxylic acids is 1. The number of amides is 1. The van der Waals surface area contributed by atoms with E-state index in [9.17, 15) is 4.79 Å². The van der Waals surface area contributed by atoms with Gasteiger partial charge in [0.2, 0.25) is 0 Å². The van der Waals surface area contributed by atoms with Gasteiger partial charge >= 0.3 is 6.09 Å². The third kappa shape index (κ3) is 0.874. The predicted molar refractivity (Wildman–Crippen MR) is 51.6 cm³/mol. The lowest BCUT2D eigenvalue weighted by molar-refractivity contribution is -0.0295. The van der Waals surface area contributed by atoms with Crippen LogP contribution >= 0.6 is 0 Å². The molecule has 2 fully saturated rings. The van der Waals surface area contributed by atoms with E-state index in [1.165, 1.54) is 5.06 Å². The number of rotatable bonds is 1. The topological polar surface area (TPSA) is 41.8 Å². The summed E-state index contributed by atoms with van der Waals surface area (Å²) in [6, 6.07) is 9.64. The number of hydrogen-bond acceptors (Lipinski definition) is 3. The first-order valence-corrected chi connectivity index (χ1v) is 4.86. The molecule has 15 heavy (non-hydrogen) atoms. The molecule has 1 atom stereocenters. The number of carbonyl (C=O) groups is 1. The number of ether oxygens (including phenoxy) is 1. The van der Waals surface area contributed by atoms with Gasteiger partial charge in [0.25, 0.3) is 5.72 Å². The van der Waals surface area contributed by atoms with Crippen LogP contribution in [0.1, 0.15) is 19.4 Å². The van der Waals surface area contributed by atoms with Crippen LogP contribution in [-0.2, 0) is 15.3 Å². The fraction of sp³-hybridized carbons (Fsp3) is 0.364. The molecular formula is C11H11NO3. The van der Waals surface area contributed by atoms with Crippen LogP contribution in [0.5, 0.6) is 0 Å². The summed E-state index contributed by atoms with van der Waals surface area (Å²) in [5.41, 5.74) is -0.419. The molecule has 0 aromatic heterocycles. The summed E-state index contributed by atoms with van der Waals surface area (Å²) in [4.78, 5) is 16.8. The van der Waals surface area contributed by atoms with E-state index in [1.807, 2.05) is 44.2 Å². The minimum absolute atomic E-state index is 0.413. The van der Waals surface area contributed by atoms with Crippen LogP contribution in [0.15, 0.2) is 30.3 Å². The molecule has 4 heteroatoms. The molecule has 1 aromatic rings. The Balaban J connectivity index is 2.11. The first-order chi connectivity index (χ1) is 7.08. The highest BCUT2D eigenvalue weighted by Gasteiger charge is 2.76. The van der Waals surface area contributed by atoms with Gasteiger partial charge < -0.3 is 4.74 Å². The minimum Gasteiger partial charge on any atom is -0.436 e. The molecule has 2 heterocycles. The molecule has 78 valence electrons. The van der Waals surface area contributed by atoms with Crippen molar-refractivity contribution >= 4 is 6.09 Å². The van der Waals surface area contributed by atoms with Crippen molar-refractivity contribution in [2.24, 2.45) is 0 Å². The van der Waals surface area contributed by atoms with Gasteiger partial charge in [0, 0.05) is 5.56 Å². The Morgan fingerprint density at radius 1 is 1.20 bits per heavy atom. The van der Waals surface area contributed by atoms with E-state index in [0.29, 0.717) is 0 Å². The fourth-order valence-electron chi connectivity index (χ4n) is 2.14. The van der Waals surface area contributed by atoms with Crippen LogP contribution in [0, 0.1) is 0 Å². The van der Waals surface area contributed by atoms with Crippen molar-refractivity contribution in [3.63, 3.8) is 0 Å². The number of hydrogen-bond donors (Lipinski definition) is 0. The van der Waals surface area contributed by atoms with Crippen molar-refractivity contribution in [1.29, 1.82) is 0 Å². The monoisotopic (exact) mass is 205 g/mol. The lowest BCUT2D eigenvalue weighted by atomic mass is 9.90. The summed E-state index contributed by atoms with van der Waals surface area (Å²) in [6.45, 7) is 3.70. The lowest BCUT2D eigenvalue weighted by Crippen LogP contribution is -2.36. The number of nitrogens with zero attached hydrogens (tertiary/aromatic N) is 1. The zero-order valence-electron chi connectivity index (χ0n) is 8.56. The standard InChI is InChI=1S/C11H11NO3/c1-10(2)11(8-6-4-3-5-7-8)12(15-11)9(13)14-10/h3-7H,1-2H3. The summed E-state index contributed by atoms with van der Waals surface area (Å²) in [7, 11) is 0. The second-order valence-electron chi connectivity index (χ2n) is 4.27. The molecule has 0 saturated carbocycles. The number of benzene rings is 1. The fourth-order valence-corrected chi connectivity index (χ4v) is 2.14. The molecule has 0 radical (unpaired) electrons. The second-order valence-corrected chi connectivity index (χ2v) is 4.27. The first-order valence-electron chi connectivity index (χ1n) is 4.86. The second kappa shape index (κ2) is 2.33. The average Bonchev–Trinajstić information content (AvgIpc) is 2.90. The maximum Gasteiger partial charge on any atom is 0.438 e. The van der Waals surface area contributed by atoms with Crippen molar-refractivity contribution in [3.05, 3.63) is 35.9 Å². The van der Waals surface area contributed by atoms with E-state index >= 15 is 0 Å². The van der Waals surface area contributed by atoms with Gasteiger partial charge in [-0.05, 0) is 13.8 Å². The molecule has 0 aliphatic carbocycles. The maximum absolute atomic E-state index is 11.4. The third-order valence-corrected chi connectivity index (χ3v) is 2.97. The van der Waals surface area contributed by atoms with E-state index in [0.717, 1.165) is 5.56 Å². The Bertz CT molecular complexity index is 429. The van der Waals surface area contributed by atoms with Gasteiger partial charge in [-0.15, -0.1) is 5.06 Å². The van der Waals surface area contributed by atoms with E-state index < -0.39 is 17.4 Å². The molecule has 1 unspecified atom stereocenters. The highest BCUT2D eigenvalue weighted by Crippen LogP contribution is 2.58. The molecule has 2 aliphatic heterocycles. The van der Waals surface area contributed by atoms with Crippen LogP contribution in [0.4, 0.5) is 4.79 Å². The van der Waals surface area contributed by atoms with Crippen LogP contribution in [0.3, 0.4) is 0 Å². The quantitative estimate of drug-likeness (QED) is 0.658. The SMILES string of the molecule is CC1(C)OC(=O)N2OC21c1ccccc1. The molecule has 2 saturated heterocycles. The van der Waals surface area contributed by atoms with Crippen molar-refractivity contribution in [1.82, 2.24) is 5.06 Å².